The fourth-order valence-electron chi connectivity index (χ4n) is 3.28. The molecule has 0 N–H and O–H groups in total. The van der Waals surface area contributed by atoms with E-state index in [2.05, 4.69) is 0 Å². The largest absolute Gasteiger partial charge is 0.497 e. The highest BCUT2D eigenvalue weighted by molar-refractivity contribution is 5.94. The molecule has 1 unspecified atom stereocenters. The first-order chi connectivity index (χ1) is 11.7. The SMILES string of the molecule is COc1ccc(C2CCCCCN2C(=O)c2ccc(F)cc2)cc1. The highest BCUT2D eigenvalue weighted by Gasteiger charge is 2.27. The van der Waals surface area contributed by atoms with Crippen LogP contribution in [0.25, 0.3) is 0 Å². The zero-order valence-corrected chi connectivity index (χ0v) is 13.9. The minimum absolute atomic E-state index is 0.0299. The van der Waals surface area contributed by atoms with E-state index in [4.69, 9.17) is 4.74 Å². The molecule has 126 valence electrons. The maximum Gasteiger partial charge on any atom is 0.254 e. The molecule has 24 heavy (non-hydrogen) atoms. The van der Waals surface area contributed by atoms with Gasteiger partial charge in [-0.3, -0.25) is 4.79 Å². The number of rotatable bonds is 3. The summed E-state index contributed by atoms with van der Waals surface area (Å²) in [5.74, 6) is 0.454. The van der Waals surface area contributed by atoms with Crippen LogP contribution in [-0.2, 0) is 0 Å². The quantitative estimate of drug-likeness (QED) is 0.825. The third-order valence-electron chi connectivity index (χ3n) is 4.61. The van der Waals surface area contributed by atoms with Crippen LogP contribution in [0.15, 0.2) is 48.5 Å². The van der Waals surface area contributed by atoms with Crippen molar-refractivity contribution in [1.82, 2.24) is 4.90 Å². The van der Waals surface area contributed by atoms with Crippen molar-refractivity contribution < 1.29 is 13.9 Å². The van der Waals surface area contributed by atoms with Crippen molar-refractivity contribution in [2.24, 2.45) is 0 Å². The molecule has 4 heteroatoms. The average molecular weight is 327 g/mol. The van der Waals surface area contributed by atoms with Crippen molar-refractivity contribution in [3.8, 4) is 5.75 Å². The maximum atomic E-state index is 13.1. The Morgan fingerprint density at radius 2 is 1.75 bits per heavy atom. The number of amides is 1. The molecule has 1 amide bonds. The number of hydrogen-bond acceptors (Lipinski definition) is 2. The molecule has 1 atom stereocenters. The van der Waals surface area contributed by atoms with E-state index in [1.807, 2.05) is 29.2 Å². The predicted octanol–water partition coefficient (Wildman–Crippen LogP) is 4.59. The van der Waals surface area contributed by atoms with Gasteiger partial charge in [-0.15, -0.1) is 0 Å². The first kappa shape index (κ1) is 16.5. The van der Waals surface area contributed by atoms with Crippen LogP contribution in [0.2, 0.25) is 0 Å². The van der Waals surface area contributed by atoms with Crippen molar-refractivity contribution in [2.45, 2.75) is 31.7 Å². The van der Waals surface area contributed by atoms with Crippen LogP contribution in [0.3, 0.4) is 0 Å². The summed E-state index contributed by atoms with van der Waals surface area (Å²) < 4.78 is 18.4. The molecule has 3 nitrogen and oxygen atoms in total. The van der Waals surface area contributed by atoms with E-state index in [-0.39, 0.29) is 17.8 Å². The van der Waals surface area contributed by atoms with Gasteiger partial charge in [-0.1, -0.05) is 25.0 Å². The van der Waals surface area contributed by atoms with Gasteiger partial charge in [0.25, 0.3) is 5.91 Å². The summed E-state index contributed by atoms with van der Waals surface area (Å²) in [5, 5.41) is 0. The summed E-state index contributed by atoms with van der Waals surface area (Å²) in [7, 11) is 1.64. The Bertz CT molecular complexity index is 682. The lowest BCUT2D eigenvalue weighted by atomic mass is 10.00. The number of hydrogen-bond donors (Lipinski definition) is 0. The van der Waals surface area contributed by atoms with Gasteiger partial charge in [0.15, 0.2) is 0 Å². The van der Waals surface area contributed by atoms with Gasteiger partial charge in [0.1, 0.15) is 11.6 Å². The molecule has 0 saturated carbocycles. The van der Waals surface area contributed by atoms with Gasteiger partial charge in [0.05, 0.1) is 13.2 Å². The zero-order valence-electron chi connectivity index (χ0n) is 13.9. The maximum absolute atomic E-state index is 13.1. The molecule has 1 fully saturated rings. The number of carbonyl (C=O) groups excluding carboxylic acids is 1. The fraction of sp³-hybridized carbons (Fsp3) is 0.350. The molecule has 0 aliphatic carbocycles. The molecule has 0 aromatic heterocycles. The Morgan fingerprint density at radius 3 is 2.42 bits per heavy atom. The Hall–Kier alpha value is -2.36. The number of likely N-dealkylation sites (tertiary alicyclic amines) is 1. The van der Waals surface area contributed by atoms with Gasteiger partial charge in [-0.05, 0) is 54.8 Å². The van der Waals surface area contributed by atoms with Gasteiger partial charge in [-0.2, -0.15) is 0 Å². The molecule has 0 radical (unpaired) electrons. The molecule has 1 saturated heterocycles. The summed E-state index contributed by atoms with van der Waals surface area (Å²) in [4.78, 5) is 14.9. The zero-order chi connectivity index (χ0) is 16.9. The van der Waals surface area contributed by atoms with Crippen molar-refractivity contribution in [1.29, 1.82) is 0 Å². The standard InChI is InChI=1S/C20H22FNO2/c1-24-18-12-8-15(9-13-18)19-5-3-2-4-14-22(19)20(23)16-6-10-17(21)11-7-16/h6-13,19H,2-5,14H2,1H3. The third kappa shape index (κ3) is 3.58. The lowest BCUT2D eigenvalue weighted by molar-refractivity contribution is 0.0681. The number of methoxy groups -OCH3 is 1. The highest BCUT2D eigenvalue weighted by Crippen LogP contribution is 2.32. The summed E-state index contributed by atoms with van der Waals surface area (Å²) >= 11 is 0. The van der Waals surface area contributed by atoms with E-state index in [1.165, 1.54) is 12.1 Å². The van der Waals surface area contributed by atoms with Gasteiger partial charge in [0, 0.05) is 12.1 Å². The highest BCUT2D eigenvalue weighted by atomic mass is 19.1. The van der Waals surface area contributed by atoms with Crippen molar-refractivity contribution in [3.63, 3.8) is 0 Å². The number of carbonyl (C=O) groups is 1. The van der Waals surface area contributed by atoms with Crippen molar-refractivity contribution in [2.75, 3.05) is 13.7 Å². The first-order valence-electron chi connectivity index (χ1n) is 8.39. The smallest absolute Gasteiger partial charge is 0.254 e. The van der Waals surface area contributed by atoms with Crippen LogP contribution < -0.4 is 4.74 Å². The van der Waals surface area contributed by atoms with Gasteiger partial charge >= 0.3 is 0 Å². The summed E-state index contributed by atoms with van der Waals surface area (Å²) in [5.41, 5.74) is 1.66. The van der Waals surface area contributed by atoms with Crippen LogP contribution in [0.5, 0.6) is 5.75 Å². The normalized spacial score (nSPS) is 18.1. The Balaban J connectivity index is 1.88. The molecule has 1 aliphatic heterocycles. The fourth-order valence-corrected chi connectivity index (χ4v) is 3.28. The predicted molar refractivity (Wildman–Crippen MR) is 91.6 cm³/mol. The van der Waals surface area contributed by atoms with Crippen LogP contribution >= 0.6 is 0 Å². The minimum atomic E-state index is -0.325. The second-order valence-corrected chi connectivity index (χ2v) is 6.14. The molecule has 2 aromatic rings. The van der Waals surface area contributed by atoms with Gasteiger partial charge in [0.2, 0.25) is 0 Å². The van der Waals surface area contributed by atoms with Gasteiger partial charge < -0.3 is 9.64 Å². The Morgan fingerprint density at radius 1 is 1.04 bits per heavy atom. The second kappa shape index (κ2) is 7.47. The molecule has 1 heterocycles. The van der Waals surface area contributed by atoms with Crippen LogP contribution in [0.1, 0.15) is 47.6 Å². The summed E-state index contributed by atoms with van der Waals surface area (Å²) in [6.07, 6.45) is 4.17. The second-order valence-electron chi connectivity index (χ2n) is 6.14. The van der Waals surface area contributed by atoms with Crippen LogP contribution in [0.4, 0.5) is 4.39 Å². The van der Waals surface area contributed by atoms with E-state index >= 15 is 0 Å². The number of ether oxygens (including phenoxy) is 1. The average Bonchev–Trinajstić information content (AvgIpc) is 2.88. The molecule has 3 rings (SSSR count). The van der Waals surface area contributed by atoms with Crippen LogP contribution in [0, 0.1) is 5.82 Å². The summed E-state index contributed by atoms with van der Waals surface area (Å²) in [6, 6.07) is 13.8. The Labute approximate surface area is 142 Å². The number of nitrogens with zero attached hydrogens (tertiary/aromatic N) is 1. The first-order valence-corrected chi connectivity index (χ1v) is 8.39. The van der Waals surface area contributed by atoms with Crippen molar-refractivity contribution >= 4 is 5.91 Å². The molecule has 0 bridgehead atoms. The topological polar surface area (TPSA) is 29.5 Å². The molecule has 1 aliphatic rings. The minimum Gasteiger partial charge on any atom is -0.497 e. The summed E-state index contributed by atoms with van der Waals surface area (Å²) in [6.45, 7) is 0.729. The monoisotopic (exact) mass is 327 g/mol. The van der Waals surface area contributed by atoms with E-state index in [9.17, 15) is 9.18 Å². The molecular formula is C20H22FNO2. The third-order valence-corrected chi connectivity index (χ3v) is 4.61. The molecule has 0 spiro atoms. The van der Waals surface area contributed by atoms with Gasteiger partial charge in [-0.25, -0.2) is 4.39 Å². The molecule has 2 aromatic carbocycles. The van der Waals surface area contributed by atoms with E-state index < -0.39 is 0 Å². The lowest BCUT2D eigenvalue weighted by Crippen LogP contribution is -2.34. The number of halogens is 1. The Kier molecular flexibility index (Phi) is 5.14. The molecular weight excluding hydrogens is 305 g/mol. The van der Waals surface area contributed by atoms with Crippen LogP contribution in [-0.4, -0.2) is 24.5 Å². The number of benzene rings is 2. The lowest BCUT2D eigenvalue weighted by Gasteiger charge is -2.30. The van der Waals surface area contributed by atoms with E-state index in [0.29, 0.717) is 5.56 Å². The van der Waals surface area contributed by atoms with Crippen molar-refractivity contribution in [3.05, 3.63) is 65.5 Å². The van der Waals surface area contributed by atoms with E-state index in [0.717, 1.165) is 43.5 Å². The van der Waals surface area contributed by atoms with E-state index in [1.54, 1.807) is 19.2 Å².